The second-order valence-electron chi connectivity index (χ2n) is 3.55. The molecule has 7 nitrogen and oxygen atoms in total. The zero-order valence-corrected chi connectivity index (χ0v) is 8.54. The third-order valence-electron chi connectivity index (χ3n) is 2.34. The average molecular weight is 222 g/mol. The standard InChI is InChI=1S/C9H11N5O2/c10-12-6-11-13(7-12)5-8-3-1-2-4-9(8)14(15)16/h1-4,6H,5,7,10H2/p+1. The van der Waals surface area contributed by atoms with E-state index in [1.807, 2.05) is 0 Å². The van der Waals surface area contributed by atoms with Gasteiger partial charge in [-0.3, -0.25) is 10.1 Å². The van der Waals surface area contributed by atoms with E-state index >= 15 is 0 Å². The van der Waals surface area contributed by atoms with Crippen molar-refractivity contribution >= 4 is 12.0 Å². The highest BCUT2D eigenvalue weighted by Crippen LogP contribution is 2.16. The minimum Gasteiger partial charge on any atom is -0.258 e. The first-order valence-electron chi connectivity index (χ1n) is 4.79. The van der Waals surface area contributed by atoms with Gasteiger partial charge < -0.3 is 0 Å². The Morgan fingerprint density at radius 2 is 2.31 bits per heavy atom. The van der Waals surface area contributed by atoms with Gasteiger partial charge in [0.05, 0.1) is 10.5 Å². The number of para-hydroxylation sites is 1. The summed E-state index contributed by atoms with van der Waals surface area (Å²) in [4.78, 5) is 10.4. The zero-order valence-electron chi connectivity index (χ0n) is 8.54. The van der Waals surface area contributed by atoms with Crippen molar-refractivity contribution in [3.05, 3.63) is 39.9 Å². The number of nitrogens with one attached hydrogen (secondary N) is 1. The predicted octanol–water partition coefficient (Wildman–Crippen LogP) is -0.930. The molecule has 1 atom stereocenters. The summed E-state index contributed by atoms with van der Waals surface area (Å²) in [7, 11) is 0. The molecule has 0 aromatic heterocycles. The maximum atomic E-state index is 10.8. The molecule has 1 heterocycles. The van der Waals surface area contributed by atoms with Crippen LogP contribution in [0.5, 0.6) is 0 Å². The number of nitrogens with two attached hydrogens (primary N) is 1. The molecule has 0 saturated heterocycles. The molecule has 2 rings (SSSR count). The predicted molar refractivity (Wildman–Crippen MR) is 57.1 cm³/mol. The summed E-state index contributed by atoms with van der Waals surface area (Å²) < 4.78 is 0. The van der Waals surface area contributed by atoms with E-state index in [0.29, 0.717) is 18.8 Å². The van der Waals surface area contributed by atoms with Crippen LogP contribution in [0.25, 0.3) is 0 Å². The number of nitrogens with zero attached hydrogens (tertiary/aromatic N) is 3. The van der Waals surface area contributed by atoms with Gasteiger partial charge in [0.25, 0.3) is 5.69 Å². The lowest BCUT2D eigenvalue weighted by molar-refractivity contribution is -0.921. The number of quaternary nitrogens is 1. The summed E-state index contributed by atoms with van der Waals surface area (Å²) in [6.07, 6.45) is 1.52. The van der Waals surface area contributed by atoms with E-state index in [1.165, 1.54) is 17.4 Å². The molecule has 0 saturated carbocycles. The van der Waals surface area contributed by atoms with Crippen LogP contribution in [0.4, 0.5) is 5.69 Å². The molecule has 0 spiro atoms. The van der Waals surface area contributed by atoms with E-state index < -0.39 is 0 Å². The lowest BCUT2D eigenvalue weighted by Crippen LogP contribution is -3.05. The molecule has 1 aliphatic heterocycles. The van der Waals surface area contributed by atoms with Crippen LogP contribution in [0.15, 0.2) is 29.4 Å². The fourth-order valence-electron chi connectivity index (χ4n) is 1.61. The summed E-state index contributed by atoms with van der Waals surface area (Å²) in [5.41, 5.74) is 0.788. The molecule has 1 unspecified atom stereocenters. The fraction of sp³-hybridized carbons (Fsp3) is 0.222. The Kier molecular flexibility index (Phi) is 2.80. The molecule has 1 aliphatic rings. The summed E-state index contributed by atoms with van der Waals surface area (Å²) >= 11 is 0. The minimum absolute atomic E-state index is 0.126. The SMILES string of the molecule is NN1C=N[NH+](Cc2ccccc2[N+](=O)[O-])C1. The van der Waals surface area contributed by atoms with Gasteiger partial charge in [0.1, 0.15) is 6.54 Å². The summed E-state index contributed by atoms with van der Waals surface area (Å²) in [5.74, 6) is 5.51. The first-order chi connectivity index (χ1) is 7.66. The molecule has 0 amide bonds. The molecular weight excluding hydrogens is 210 g/mol. The molecule has 7 heteroatoms. The van der Waals surface area contributed by atoms with Crippen molar-refractivity contribution < 1.29 is 9.93 Å². The Labute approximate surface area is 91.9 Å². The van der Waals surface area contributed by atoms with Gasteiger partial charge in [0, 0.05) is 6.07 Å². The summed E-state index contributed by atoms with van der Waals surface area (Å²) in [5, 5.41) is 17.1. The quantitative estimate of drug-likeness (QED) is 0.393. The number of hydrogen-bond donors (Lipinski definition) is 2. The maximum absolute atomic E-state index is 10.8. The highest BCUT2D eigenvalue weighted by molar-refractivity contribution is 5.53. The van der Waals surface area contributed by atoms with E-state index in [4.69, 9.17) is 5.84 Å². The van der Waals surface area contributed by atoms with E-state index in [2.05, 4.69) is 5.10 Å². The number of nitro groups is 1. The molecule has 0 radical (unpaired) electrons. The van der Waals surface area contributed by atoms with Gasteiger partial charge in [-0.2, -0.15) is 5.01 Å². The monoisotopic (exact) mass is 222 g/mol. The van der Waals surface area contributed by atoms with Crippen LogP contribution >= 0.6 is 0 Å². The van der Waals surface area contributed by atoms with Crippen LogP contribution in [0.1, 0.15) is 5.56 Å². The summed E-state index contributed by atoms with van der Waals surface area (Å²) in [6.45, 7) is 0.980. The third-order valence-corrected chi connectivity index (χ3v) is 2.34. The minimum atomic E-state index is -0.380. The van der Waals surface area contributed by atoms with Crippen molar-refractivity contribution in [1.82, 2.24) is 5.01 Å². The molecule has 16 heavy (non-hydrogen) atoms. The first-order valence-corrected chi connectivity index (χ1v) is 4.79. The zero-order chi connectivity index (χ0) is 11.5. The molecule has 0 bridgehead atoms. The number of hydrogen-bond acceptors (Lipinski definition) is 5. The van der Waals surface area contributed by atoms with Crippen molar-refractivity contribution in [2.45, 2.75) is 6.54 Å². The van der Waals surface area contributed by atoms with Crippen molar-refractivity contribution in [2.24, 2.45) is 10.9 Å². The fourth-order valence-corrected chi connectivity index (χ4v) is 1.61. The average Bonchev–Trinajstić information content (AvgIpc) is 2.64. The van der Waals surface area contributed by atoms with Gasteiger partial charge in [-0.25, -0.2) is 10.9 Å². The number of rotatable bonds is 3. The van der Waals surface area contributed by atoms with Gasteiger partial charge in [-0.05, 0) is 6.07 Å². The van der Waals surface area contributed by atoms with Gasteiger partial charge in [-0.15, -0.1) is 0 Å². The molecule has 0 aliphatic carbocycles. The largest absolute Gasteiger partial charge is 0.278 e. The second kappa shape index (κ2) is 4.25. The Balaban J connectivity index is 2.15. The Hall–Kier alpha value is -1.99. The van der Waals surface area contributed by atoms with E-state index in [1.54, 1.807) is 18.2 Å². The number of benzene rings is 1. The van der Waals surface area contributed by atoms with Crippen LogP contribution in [-0.4, -0.2) is 22.9 Å². The first kappa shape index (κ1) is 10.5. The van der Waals surface area contributed by atoms with Crippen molar-refractivity contribution in [2.75, 3.05) is 6.67 Å². The van der Waals surface area contributed by atoms with Gasteiger partial charge in [0.15, 0.2) is 13.0 Å². The normalized spacial score (nSPS) is 19.1. The Bertz CT molecular complexity index is 434. The smallest absolute Gasteiger partial charge is 0.258 e. The topological polar surface area (TPSA) is 89.2 Å². The van der Waals surface area contributed by atoms with Crippen molar-refractivity contribution in [1.29, 1.82) is 0 Å². The van der Waals surface area contributed by atoms with Crippen LogP contribution in [0.2, 0.25) is 0 Å². The molecule has 1 aromatic carbocycles. The molecule has 84 valence electrons. The van der Waals surface area contributed by atoms with Gasteiger partial charge >= 0.3 is 0 Å². The van der Waals surface area contributed by atoms with Crippen LogP contribution in [0.3, 0.4) is 0 Å². The number of nitro benzene ring substituents is 1. The van der Waals surface area contributed by atoms with E-state index in [9.17, 15) is 10.1 Å². The molecule has 1 aromatic rings. The van der Waals surface area contributed by atoms with E-state index in [-0.39, 0.29) is 10.6 Å². The third kappa shape index (κ3) is 2.15. The second-order valence-corrected chi connectivity index (χ2v) is 3.55. The van der Waals surface area contributed by atoms with Crippen LogP contribution < -0.4 is 10.9 Å². The lowest BCUT2D eigenvalue weighted by atomic mass is 10.2. The molecule has 3 N–H and O–H groups in total. The molecular formula is C9H12N5O2+. The Morgan fingerprint density at radius 3 is 2.94 bits per heavy atom. The maximum Gasteiger partial charge on any atom is 0.278 e. The highest BCUT2D eigenvalue weighted by Gasteiger charge is 2.21. The molecule has 0 fully saturated rings. The van der Waals surface area contributed by atoms with Crippen molar-refractivity contribution in [3.63, 3.8) is 0 Å². The van der Waals surface area contributed by atoms with Crippen LogP contribution in [-0.2, 0) is 6.54 Å². The van der Waals surface area contributed by atoms with Crippen molar-refractivity contribution in [3.8, 4) is 0 Å². The Morgan fingerprint density at radius 1 is 1.56 bits per heavy atom. The number of hydrazine groups is 1. The highest BCUT2D eigenvalue weighted by atomic mass is 16.6. The van der Waals surface area contributed by atoms with Gasteiger partial charge in [0.2, 0.25) is 0 Å². The lowest BCUT2D eigenvalue weighted by Gasteiger charge is -2.09. The summed E-state index contributed by atoms with van der Waals surface area (Å²) in [6, 6.07) is 6.66. The van der Waals surface area contributed by atoms with E-state index in [0.717, 1.165) is 5.01 Å². The van der Waals surface area contributed by atoms with Crippen LogP contribution in [0, 0.1) is 10.1 Å². The van der Waals surface area contributed by atoms with Gasteiger partial charge in [-0.1, -0.05) is 17.2 Å².